The van der Waals surface area contributed by atoms with Crippen molar-refractivity contribution in [1.29, 1.82) is 0 Å². The van der Waals surface area contributed by atoms with Crippen molar-refractivity contribution < 1.29 is 45.8 Å². The molecule has 0 fully saturated rings. The van der Waals surface area contributed by atoms with Gasteiger partial charge in [0.2, 0.25) is 5.91 Å². The number of imidazole rings is 1. The Morgan fingerprint density at radius 3 is 2.30 bits per heavy atom. The molecule has 47 heavy (non-hydrogen) atoms. The quantitative estimate of drug-likeness (QED) is 0.137. The maximum atomic E-state index is 15.0. The molecule has 0 saturated carbocycles. The van der Waals surface area contributed by atoms with Gasteiger partial charge in [-0.15, -0.1) is 0 Å². The van der Waals surface area contributed by atoms with E-state index < -0.39 is 29.7 Å². The molecule has 5 rings (SSSR count). The van der Waals surface area contributed by atoms with E-state index in [2.05, 4.69) is 0 Å². The molecule has 1 atom stereocenters. The third-order valence-electron chi connectivity index (χ3n) is 7.31. The average molecular weight is 700 g/mol. The second-order valence-electron chi connectivity index (χ2n) is 10.5. The number of hydrogen-bond donors (Lipinski definition) is 2. The molecule has 1 aliphatic rings. The minimum Gasteiger partial charge on any atom is -0.495 e. The molecule has 250 valence electrons. The van der Waals surface area contributed by atoms with Crippen molar-refractivity contribution >= 4 is 35.2 Å². The molecule has 1 unspecified atom stereocenters. The van der Waals surface area contributed by atoms with Gasteiger partial charge in [0.15, 0.2) is 5.16 Å². The van der Waals surface area contributed by atoms with E-state index in [9.17, 15) is 31.1 Å². The Morgan fingerprint density at radius 1 is 1.09 bits per heavy atom. The van der Waals surface area contributed by atoms with Crippen molar-refractivity contribution in [2.75, 3.05) is 7.11 Å². The first-order valence-corrected chi connectivity index (χ1v) is 15.4. The van der Waals surface area contributed by atoms with Gasteiger partial charge in [0, 0.05) is 29.3 Å². The number of carbonyl (C=O) groups is 2. The fourth-order valence-electron chi connectivity index (χ4n) is 5.10. The Hall–Kier alpha value is -4.17. The number of thioether (sulfide) groups is 1. The van der Waals surface area contributed by atoms with Crippen LogP contribution in [0.2, 0.25) is 5.02 Å². The Balaban J connectivity index is 0.000000644. The summed E-state index contributed by atoms with van der Waals surface area (Å²) in [4.78, 5) is 24.9. The van der Waals surface area contributed by atoms with Gasteiger partial charge in [-0.3, -0.25) is 9.36 Å². The number of aryl methyl sites for hydroxylation is 2. The number of carboxylic acid groups (broad SMARTS) is 1. The van der Waals surface area contributed by atoms with Crippen molar-refractivity contribution in [1.82, 2.24) is 9.55 Å². The number of hydrogen-bond acceptors (Lipinski definition) is 5. The van der Waals surface area contributed by atoms with E-state index in [-0.39, 0.29) is 35.9 Å². The minimum absolute atomic E-state index is 0.00823. The number of rotatable bonds is 9. The van der Waals surface area contributed by atoms with Crippen LogP contribution in [0.4, 0.5) is 26.3 Å². The molecule has 15 heteroatoms. The first kappa shape index (κ1) is 35.7. The monoisotopic (exact) mass is 699 g/mol. The van der Waals surface area contributed by atoms with Crippen molar-refractivity contribution in [3.63, 3.8) is 0 Å². The van der Waals surface area contributed by atoms with Crippen molar-refractivity contribution in [2.24, 2.45) is 5.73 Å². The van der Waals surface area contributed by atoms with Gasteiger partial charge >= 0.3 is 12.1 Å². The van der Waals surface area contributed by atoms with E-state index in [1.165, 1.54) is 36.0 Å². The van der Waals surface area contributed by atoms with Crippen LogP contribution in [0.5, 0.6) is 5.75 Å². The number of nitrogens with two attached hydrogens (primary N) is 1. The molecule has 0 saturated heterocycles. The van der Waals surface area contributed by atoms with Gasteiger partial charge in [0.05, 0.1) is 23.5 Å². The van der Waals surface area contributed by atoms with Crippen molar-refractivity contribution in [3.05, 3.63) is 105 Å². The highest BCUT2D eigenvalue weighted by atomic mass is 35.5. The van der Waals surface area contributed by atoms with Crippen molar-refractivity contribution in [2.45, 2.75) is 55.1 Å². The van der Waals surface area contributed by atoms with Crippen LogP contribution in [0.25, 0.3) is 5.69 Å². The fraction of sp³-hybridized carbons (Fsp3) is 0.281. The zero-order valence-electron chi connectivity index (χ0n) is 24.7. The molecule has 0 bridgehead atoms. The number of nitrogens with zero attached hydrogens (tertiary/aromatic N) is 2. The molecule has 3 aromatic carbocycles. The van der Waals surface area contributed by atoms with Gasteiger partial charge in [0.1, 0.15) is 23.2 Å². The molecule has 0 spiro atoms. The first-order chi connectivity index (χ1) is 22.2. The summed E-state index contributed by atoms with van der Waals surface area (Å²) in [6.07, 6.45) is -2.41. The molecule has 7 nitrogen and oxygen atoms in total. The summed E-state index contributed by atoms with van der Waals surface area (Å²) < 4.78 is 82.9. The number of aliphatic carboxylic acids is 1. The number of primary amides is 1. The van der Waals surface area contributed by atoms with Crippen LogP contribution in [0.15, 0.2) is 59.8 Å². The molecule has 0 aliphatic heterocycles. The lowest BCUT2D eigenvalue weighted by atomic mass is 9.84. The smallest absolute Gasteiger partial charge is 0.490 e. The molecule has 1 amide bonds. The maximum Gasteiger partial charge on any atom is 0.490 e. The van der Waals surface area contributed by atoms with Crippen LogP contribution in [-0.4, -0.2) is 39.8 Å². The van der Waals surface area contributed by atoms with E-state index in [0.29, 0.717) is 27.2 Å². The molecule has 3 N–H and O–H groups in total. The summed E-state index contributed by atoms with van der Waals surface area (Å²) >= 11 is 7.50. The van der Waals surface area contributed by atoms with E-state index in [1.54, 1.807) is 25.3 Å². The van der Waals surface area contributed by atoms with E-state index in [0.717, 1.165) is 36.2 Å². The summed E-state index contributed by atoms with van der Waals surface area (Å²) in [7, 11) is 1.57. The highest BCUT2D eigenvalue weighted by Gasteiger charge is 2.38. The first-order valence-electron chi connectivity index (χ1n) is 14.1. The number of carbonyl (C=O) groups excluding carboxylic acids is 1. The Morgan fingerprint density at radius 2 is 1.72 bits per heavy atom. The van der Waals surface area contributed by atoms with Crippen LogP contribution in [0.1, 0.15) is 53.3 Å². The van der Waals surface area contributed by atoms with Crippen LogP contribution < -0.4 is 10.5 Å². The van der Waals surface area contributed by atoms with E-state index in [4.69, 9.17) is 37.0 Å². The number of halogens is 7. The number of aromatic nitrogens is 2. The summed E-state index contributed by atoms with van der Waals surface area (Å²) in [5.74, 6) is -4.53. The Bertz CT molecular complexity index is 1740. The van der Waals surface area contributed by atoms with Gasteiger partial charge < -0.3 is 15.6 Å². The third-order valence-corrected chi connectivity index (χ3v) is 8.58. The lowest BCUT2D eigenvalue weighted by Crippen LogP contribution is -2.21. The Labute approximate surface area is 274 Å². The number of alkyl halides is 3. The summed E-state index contributed by atoms with van der Waals surface area (Å²) in [6.45, 7) is 0. The average Bonchev–Trinajstić information content (AvgIpc) is 3.38. The zero-order valence-corrected chi connectivity index (χ0v) is 26.3. The van der Waals surface area contributed by atoms with Crippen LogP contribution in [0, 0.1) is 17.5 Å². The molecular weight excluding hydrogens is 672 g/mol. The minimum atomic E-state index is -5.08. The standard InChI is InChI=1S/C30H27ClF3N3O2S.C2HF3O2/c1-39-27-15-18(6-11-23(27)31)21-3-2-4-26-29(21)37(20-9-7-19(32)8-10-20)30(36-26)40-16-22-24(33)13-17(14-25(22)34)5-12-28(35)38;3-2(4,5)1(6)7/h6-11,13-15,21H,2-5,12,16H2,1H3,(H2,35,38);(H,6,7). The number of fused-ring (bicyclic) bond motifs is 1. The largest absolute Gasteiger partial charge is 0.495 e. The summed E-state index contributed by atoms with van der Waals surface area (Å²) in [6, 6.07) is 14.3. The highest BCUT2D eigenvalue weighted by Crippen LogP contribution is 2.43. The SMILES string of the molecule is COc1cc(C2CCCc3nc(SCc4c(F)cc(CCC(N)=O)cc4F)n(-c4ccc(F)cc4)c32)ccc1Cl.O=C(O)C(F)(F)F. The fourth-order valence-corrected chi connectivity index (χ4v) is 6.35. The van der Waals surface area contributed by atoms with E-state index >= 15 is 0 Å². The van der Waals surface area contributed by atoms with E-state index in [1.807, 2.05) is 16.7 Å². The topological polar surface area (TPSA) is 107 Å². The molecule has 1 aliphatic carbocycles. The molecule has 1 heterocycles. The maximum absolute atomic E-state index is 15.0. The van der Waals surface area contributed by atoms with Crippen LogP contribution >= 0.6 is 23.4 Å². The number of ether oxygens (including phenoxy) is 1. The van der Waals surface area contributed by atoms with Gasteiger partial charge in [-0.05, 0) is 85.3 Å². The predicted molar refractivity (Wildman–Crippen MR) is 163 cm³/mol. The lowest BCUT2D eigenvalue weighted by Gasteiger charge is -2.26. The molecule has 1 aromatic heterocycles. The van der Waals surface area contributed by atoms with Crippen LogP contribution in [-0.2, 0) is 28.2 Å². The third kappa shape index (κ3) is 8.80. The van der Waals surface area contributed by atoms with Gasteiger partial charge in [0.25, 0.3) is 0 Å². The predicted octanol–water partition coefficient (Wildman–Crippen LogP) is 7.76. The van der Waals surface area contributed by atoms with Gasteiger partial charge in [-0.25, -0.2) is 22.9 Å². The van der Waals surface area contributed by atoms with Gasteiger partial charge in [-0.1, -0.05) is 29.4 Å². The normalized spacial score (nSPS) is 14.2. The summed E-state index contributed by atoms with van der Waals surface area (Å²) in [5, 5.41) is 8.19. The molecule has 4 aromatic rings. The molecule has 0 radical (unpaired) electrons. The number of amides is 1. The summed E-state index contributed by atoms with van der Waals surface area (Å²) in [5.41, 5.74) is 9.00. The van der Waals surface area contributed by atoms with Gasteiger partial charge in [-0.2, -0.15) is 13.2 Å². The number of benzene rings is 3. The zero-order chi connectivity index (χ0) is 34.5. The Kier molecular flexibility index (Phi) is 11.5. The lowest BCUT2D eigenvalue weighted by molar-refractivity contribution is -0.192. The number of carboxylic acids is 1. The second-order valence-corrected chi connectivity index (χ2v) is 11.8. The highest BCUT2D eigenvalue weighted by molar-refractivity contribution is 7.98. The number of methoxy groups -OCH3 is 1. The second kappa shape index (κ2) is 15.2. The van der Waals surface area contributed by atoms with Crippen LogP contribution in [0.3, 0.4) is 0 Å². The van der Waals surface area contributed by atoms with Crippen molar-refractivity contribution in [3.8, 4) is 11.4 Å². The molecular formula is C32H28ClF6N3O4S.